The van der Waals surface area contributed by atoms with Crippen LogP contribution in [-0.2, 0) is 6.54 Å². The highest BCUT2D eigenvalue weighted by Gasteiger charge is 2.04. The number of nitrogens with one attached hydrogen (secondary N) is 1. The van der Waals surface area contributed by atoms with Crippen molar-refractivity contribution >= 4 is 12.0 Å². The van der Waals surface area contributed by atoms with Gasteiger partial charge in [-0.05, 0) is 35.2 Å². The van der Waals surface area contributed by atoms with Crippen LogP contribution >= 0.6 is 0 Å². The van der Waals surface area contributed by atoms with Gasteiger partial charge in [0.25, 0.3) is 5.91 Å². The number of carbonyl (C=O) groups excluding carboxylic acids is 1. The number of amides is 1. The molecule has 0 aliphatic carbocycles. The molecule has 1 N–H and O–H groups in total. The second-order valence-corrected chi connectivity index (χ2v) is 5.27. The van der Waals surface area contributed by atoms with E-state index in [-0.39, 0.29) is 5.91 Å². The van der Waals surface area contributed by atoms with Gasteiger partial charge in [-0.2, -0.15) is 0 Å². The number of hydrogen-bond donors (Lipinski definition) is 1. The molecule has 108 valence electrons. The van der Waals surface area contributed by atoms with Gasteiger partial charge in [0.15, 0.2) is 0 Å². The summed E-state index contributed by atoms with van der Waals surface area (Å²) in [4.78, 5) is 16.1. The smallest absolute Gasteiger partial charge is 0.251 e. The average Bonchev–Trinajstić information content (AvgIpc) is 2.52. The van der Waals surface area contributed by atoms with Crippen LogP contribution in [0, 0.1) is 5.92 Å². The van der Waals surface area contributed by atoms with Gasteiger partial charge in [-0.3, -0.25) is 9.78 Å². The van der Waals surface area contributed by atoms with Gasteiger partial charge in [0.05, 0.1) is 0 Å². The maximum absolute atomic E-state index is 12.0. The topological polar surface area (TPSA) is 42.0 Å². The van der Waals surface area contributed by atoms with Crippen LogP contribution < -0.4 is 5.32 Å². The fraction of sp³-hybridized carbons (Fsp3) is 0.222. The van der Waals surface area contributed by atoms with E-state index in [9.17, 15) is 4.79 Å². The lowest BCUT2D eigenvalue weighted by atomic mass is 10.1. The van der Waals surface area contributed by atoms with Gasteiger partial charge in [-0.25, -0.2) is 0 Å². The Morgan fingerprint density at radius 2 is 2.00 bits per heavy atom. The van der Waals surface area contributed by atoms with Crippen molar-refractivity contribution in [3.8, 4) is 0 Å². The zero-order valence-electron chi connectivity index (χ0n) is 12.4. The Morgan fingerprint density at radius 1 is 1.24 bits per heavy atom. The molecule has 1 heterocycles. The maximum atomic E-state index is 12.0. The third kappa shape index (κ3) is 4.88. The third-order valence-electron chi connectivity index (χ3n) is 3.02. The Bertz CT molecular complexity index is 601. The number of hydrogen-bond acceptors (Lipinski definition) is 2. The van der Waals surface area contributed by atoms with E-state index in [1.165, 1.54) is 0 Å². The van der Waals surface area contributed by atoms with Crippen molar-refractivity contribution < 1.29 is 4.79 Å². The number of benzene rings is 1. The number of aromatic nitrogens is 1. The van der Waals surface area contributed by atoms with Crippen molar-refractivity contribution in [2.24, 2.45) is 5.92 Å². The first kappa shape index (κ1) is 15.0. The van der Waals surface area contributed by atoms with Gasteiger partial charge < -0.3 is 5.32 Å². The molecule has 0 bridgehead atoms. The summed E-state index contributed by atoms with van der Waals surface area (Å²) in [5.74, 6) is 0.450. The lowest BCUT2D eigenvalue weighted by Gasteiger charge is -2.05. The van der Waals surface area contributed by atoms with Crippen LogP contribution in [0.4, 0.5) is 0 Å². The molecule has 2 aromatic rings. The van der Waals surface area contributed by atoms with Crippen LogP contribution in [0.5, 0.6) is 0 Å². The highest BCUT2D eigenvalue weighted by atomic mass is 16.1. The van der Waals surface area contributed by atoms with Gasteiger partial charge in [-0.1, -0.05) is 44.2 Å². The van der Waals surface area contributed by atoms with Crippen LogP contribution in [0.1, 0.15) is 35.3 Å². The highest BCUT2D eigenvalue weighted by Crippen LogP contribution is 2.08. The maximum Gasteiger partial charge on any atom is 0.251 e. The predicted molar refractivity (Wildman–Crippen MR) is 85.7 cm³/mol. The fourth-order valence-electron chi connectivity index (χ4n) is 1.84. The first-order valence-corrected chi connectivity index (χ1v) is 7.10. The molecule has 0 radical (unpaired) electrons. The van der Waals surface area contributed by atoms with Crippen LogP contribution in [0.15, 0.2) is 54.9 Å². The quantitative estimate of drug-likeness (QED) is 0.907. The largest absolute Gasteiger partial charge is 0.348 e. The van der Waals surface area contributed by atoms with E-state index >= 15 is 0 Å². The number of pyridine rings is 1. The Labute approximate surface area is 125 Å². The molecule has 0 aliphatic rings. The minimum Gasteiger partial charge on any atom is -0.348 e. The van der Waals surface area contributed by atoms with E-state index in [0.717, 1.165) is 11.1 Å². The van der Waals surface area contributed by atoms with Crippen molar-refractivity contribution in [1.29, 1.82) is 0 Å². The molecule has 1 aromatic carbocycles. The molecule has 1 amide bonds. The first-order chi connectivity index (χ1) is 10.1. The summed E-state index contributed by atoms with van der Waals surface area (Å²) in [6.45, 7) is 4.76. The Morgan fingerprint density at radius 3 is 2.62 bits per heavy atom. The van der Waals surface area contributed by atoms with E-state index in [0.29, 0.717) is 18.0 Å². The van der Waals surface area contributed by atoms with Crippen molar-refractivity contribution in [3.05, 3.63) is 71.6 Å². The standard InChI is InChI=1S/C18H20N2O/c1-14(2)5-6-15-7-9-17(10-8-15)18(21)20-13-16-4-3-11-19-12-16/h3-12,14H,13H2,1-2H3,(H,20,21)/b6-5+. The molecule has 1 aromatic heterocycles. The molecule has 0 unspecified atom stereocenters. The van der Waals surface area contributed by atoms with Crippen molar-refractivity contribution in [2.45, 2.75) is 20.4 Å². The molecule has 0 atom stereocenters. The van der Waals surface area contributed by atoms with E-state index in [4.69, 9.17) is 0 Å². The number of rotatable bonds is 5. The van der Waals surface area contributed by atoms with Crippen molar-refractivity contribution in [2.75, 3.05) is 0 Å². The monoisotopic (exact) mass is 280 g/mol. The Hall–Kier alpha value is -2.42. The van der Waals surface area contributed by atoms with Crippen LogP contribution in [0.2, 0.25) is 0 Å². The summed E-state index contributed by atoms with van der Waals surface area (Å²) >= 11 is 0. The van der Waals surface area contributed by atoms with Crippen molar-refractivity contribution in [1.82, 2.24) is 10.3 Å². The Kier molecular flexibility index (Phi) is 5.27. The minimum atomic E-state index is -0.0711. The molecule has 0 aliphatic heterocycles. The number of nitrogens with zero attached hydrogens (tertiary/aromatic N) is 1. The van der Waals surface area contributed by atoms with Gasteiger partial charge in [0.2, 0.25) is 0 Å². The van der Waals surface area contributed by atoms with E-state index in [1.807, 2.05) is 36.4 Å². The summed E-state index contributed by atoms with van der Waals surface area (Å²) in [5, 5.41) is 2.89. The molecule has 3 heteroatoms. The SMILES string of the molecule is CC(C)/C=C/c1ccc(C(=O)NCc2cccnc2)cc1. The molecular weight excluding hydrogens is 260 g/mol. The zero-order chi connectivity index (χ0) is 15.1. The van der Waals surface area contributed by atoms with Crippen LogP contribution in [0.25, 0.3) is 6.08 Å². The second kappa shape index (κ2) is 7.39. The van der Waals surface area contributed by atoms with Gasteiger partial charge >= 0.3 is 0 Å². The molecule has 0 saturated carbocycles. The summed E-state index contributed by atoms with van der Waals surface area (Å²) in [7, 11) is 0. The average molecular weight is 280 g/mol. The number of allylic oxidation sites excluding steroid dienone is 1. The van der Waals surface area contributed by atoms with E-state index < -0.39 is 0 Å². The summed E-state index contributed by atoms with van der Waals surface area (Å²) in [6.07, 6.45) is 7.67. The lowest BCUT2D eigenvalue weighted by molar-refractivity contribution is 0.0951. The lowest BCUT2D eigenvalue weighted by Crippen LogP contribution is -2.22. The minimum absolute atomic E-state index is 0.0711. The molecule has 3 nitrogen and oxygen atoms in total. The zero-order valence-corrected chi connectivity index (χ0v) is 12.4. The fourth-order valence-corrected chi connectivity index (χ4v) is 1.84. The summed E-state index contributed by atoms with van der Waals surface area (Å²) < 4.78 is 0. The number of carbonyl (C=O) groups is 1. The van der Waals surface area contributed by atoms with E-state index in [1.54, 1.807) is 12.4 Å². The van der Waals surface area contributed by atoms with Gasteiger partial charge in [0, 0.05) is 24.5 Å². The first-order valence-electron chi connectivity index (χ1n) is 7.10. The molecule has 2 rings (SSSR count). The highest BCUT2D eigenvalue weighted by molar-refractivity contribution is 5.94. The molecule has 0 spiro atoms. The van der Waals surface area contributed by atoms with Crippen LogP contribution in [0.3, 0.4) is 0 Å². The predicted octanol–water partition coefficient (Wildman–Crippen LogP) is 3.68. The molecule has 0 fully saturated rings. The third-order valence-corrected chi connectivity index (χ3v) is 3.02. The second-order valence-electron chi connectivity index (χ2n) is 5.27. The molecule has 0 saturated heterocycles. The van der Waals surface area contributed by atoms with Crippen LogP contribution in [-0.4, -0.2) is 10.9 Å². The molecule has 21 heavy (non-hydrogen) atoms. The summed E-state index contributed by atoms with van der Waals surface area (Å²) in [5.41, 5.74) is 2.76. The summed E-state index contributed by atoms with van der Waals surface area (Å²) in [6, 6.07) is 11.4. The van der Waals surface area contributed by atoms with E-state index in [2.05, 4.69) is 36.3 Å². The normalized spacial score (nSPS) is 11.0. The van der Waals surface area contributed by atoms with Gasteiger partial charge in [-0.15, -0.1) is 0 Å². The van der Waals surface area contributed by atoms with Crippen molar-refractivity contribution in [3.63, 3.8) is 0 Å². The van der Waals surface area contributed by atoms with Gasteiger partial charge in [0.1, 0.15) is 0 Å². The Balaban J connectivity index is 1.94. The molecular formula is C18H20N2O.